The summed E-state index contributed by atoms with van der Waals surface area (Å²) in [6.45, 7) is 2.76. The van der Waals surface area contributed by atoms with Crippen LogP contribution in [0.4, 0.5) is 4.39 Å². The molecule has 1 amide bonds. The molecule has 1 fully saturated rings. The van der Waals surface area contributed by atoms with E-state index in [9.17, 15) is 9.18 Å². The lowest BCUT2D eigenvalue weighted by atomic mass is 10.2. The summed E-state index contributed by atoms with van der Waals surface area (Å²) in [6, 6.07) is 5.73. The van der Waals surface area contributed by atoms with E-state index in [4.69, 9.17) is 9.57 Å². The third-order valence-corrected chi connectivity index (χ3v) is 2.71. The van der Waals surface area contributed by atoms with Gasteiger partial charge in [-0.25, -0.2) is 9.45 Å². The molecule has 1 aromatic carbocycles. The number of carbonyl (C=O) groups excluding carboxylic acids is 1. The van der Waals surface area contributed by atoms with Crippen molar-refractivity contribution in [2.45, 2.75) is 25.9 Å². The molecule has 18 heavy (non-hydrogen) atoms. The Morgan fingerprint density at radius 3 is 3.00 bits per heavy atom. The van der Waals surface area contributed by atoms with Crippen LogP contribution >= 0.6 is 0 Å². The standard InChI is InChI=1S/C13H16FNO3/c1-10(13(16)15-7-2-3-8-17-15)18-12-6-4-5-11(14)9-12/h4-6,9-10H,2-3,7-8H2,1H3. The van der Waals surface area contributed by atoms with Crippen LogP contribution < -0.4 is 4.74 Å². The van der Waals surface area contributed by atoms with Gasteiger partial charge in [-0.3, -0.25) is 9.63 Å². The highest BCUT2D eigenvalue weighted by Crippen LogP contribution is 2.16. The maximum Gasteiger partial charge on any atom is 0.286 e. The molecule has 1 aliphatic rings. The zero-order valence-electron chi connectivity index (χ0n) is 10.3. The molecular formula is C13H16FNO3. The number of hydroxylamine groups is 2. The SMILES string of the molecule is CC(Oc1cccc(F)c1)C(=O)N1CCCCO1. The number of amides is 1. The fourth-order valence-corrected chi connectivity index (χ4v) is 1.77. The number of nitrogens with zero attached hydrogens (tertiary/aromatic N) is 1. The molecule has 5 heteroatoms. The minimum Gasteiger partial charge on any atom is -0.481 e. The molecule has 0 aromatic heterocycles. The smallest absolute Gasteiger partial charge is 0.286 e. The zero-order valence-corrected chi connectivity index (χ0v) is 10.3. The third kappa shape index (κ3) is 3.20. The molecule has 0 aliphatic carbocycles. The highest BCUT2D eigenvalue weighted by Gasteiger charge is 2.24. The average Bonchev–Trinajstić information content (AvgIpc) is 2.39. The number of carbonyl (C=O) groups is 1. The number of halogens is 1. The van der Waals surface area contributed by atoms with Crippen LogP contribution in [0, 0.1) is 5.82 Å². The first-order valence-corrected chi connectivity index (χ1v) is 6.03. The van der Waals surface area contributed by atoms with E-state index in [1.807, 2.05) is 0 Å². The lowest BCUT2D eigenvalue weighted by Crippen LogP contribution is -2.43. The van der Waals surface area contributed by atoms with Gasteiger partial charge in [0.1, 0.15) is 11.6 Å². The van der Waals surface area contributed by atoms with Crippen LogP contribution in [0.3, 0.4) is 0 Å². The highest BCUT2D eigenvalue weighted by molar-refractivity contribution is 5.79. The van der Waals surface area contributed by atoms with Crippen molar-refractivity contribution in [3.63, 3.8) is 0 Å². The van der Waals surface area contributed by atoms with Gasteiger partial charge in [-0.05, 0) is 31.9 Å². The summed E-state index contributed by atoms with van der Waals surface area (Å²) in [6.07, 6.45) is 1.20. The van der Waals surface area contributed by atoms with E-state index in [0.29, 0.717) is 18.9 Å². The lowest BCUT2D eigenvalue weighted by molar-refractivity contribution is -0.203. The molecule has 1 aliphatic heterocycles. The van der Waals surface area contributed by atoms with Crippen LogP contribution in [0.15, 0.2) is 24.3 Å². The molecular weight excluding hydrogens is 237 g/mol. The summed E-state index contributed by atoms with van der Waals surface area (Å²) in [4.78, 5) is 17.2. The fraction of sp³-hybridized carbons (Fsp3) is 0.462. The molecule has 4 nitrogen and oxygen atoms in total. The van der Waals surface area contributed by atoms with Crippen LogP contribution in [0.1, 0.15) is 19.8 Å². The van der Waals surface area contributed by atoms with Gasteiger partial charge in [0.25, 0.3) is 5.91 Å². The first kappa shape index (κ1) is 12.8. The van der Waals surface area contributed by atoms with Gasteiger partial charge in [0.05, 0.1) is 6.61 Å². The van der Waals surface area contributed by atoms with Gasteiger partial charge < -0.3 is 4.74 Å². The first-order valence-electron chi connectivity index (χ1n) is 6.03. The Morgan fingerprint density at radius 1 is 1.50 bits per heavy atom. The maximum absolute atomic E-state index is 13.0. The molecule has 0 saturated carbocycles. The minimum atomic E-state index is -0.690. The maximum atomic E-state index is 13.0. The minimum absolute atomic E-state index is 0.237. The van der Waals surface area contributed by atoms with Gasteiger partial charge in [-0.2, -0.15) is 0 Å². The molecule has 0 spiro atoms. The highest BCUT2D eigenvalue weighted by atomic mass is 19.1. The molecule has 98 valence electrons. The summed E-state index contributed by atoms with van der Waals surface area (Å²) in [5.74, 6) is -0.284. The van der Waals surface area contributed by atoms with E-state index in [1.165, 1.54) is 17.2 Å². The summed E-state index contributed by atoms with van der Waals surface area (Å²) in [5, 5.41) is 1.33. The molecule has 0 N–H and O–H groups in total. The third-order valence-electron chi connectivity index (χ3n) is 2.71. The quantitative estimate of drug-likeness (QED) is 0.828. The van der Waals surface area contributed by atoms with Crippen molar-refractivity contribution < 1.29 is 18.8 Å². The van der Waals surface area contributed by atoms with Crippen molar-refractivity contribution >= 4 is 5.91 Å². The van der Waals surface area contributed by atoms with E-state index in [0.717, 1.165) is 12.8 Å². The topological polar surface area (TPSA) is 38.8 Å². The van der Waals surface area contributed by atoms with Gasteiger partial charge in [0.2, 0.25) is 0 Å². The first-order chi connectivity index (χ1) is 8.66. The van der Waals surface area contributed by atoms with Crippen molar-refractivity contribution in [3.8, 4) is 5.75 Å². The van der Waals surface area contributed by atoms with Gasteiger partial charge in [0, 0.05) is 12.6 Å². The number of hydrogen-bond acceptors (Lipinski definition) is 3. The normalized spacial score (nSPS) is 17.3. The second-order valence-electron chi connectivity index (χ2n) is 4.20. The summed E-state index contributed by atoms with van der Waals surface area (Å²) in [7, 11) is 0. The number of hydrogen-bond donors (Lipinski definition) is 0. The van der Waals surface area contributed by atoms with E-state index in [2.05, 4.69) is 0 Å². The Kier molecular flexibility index (Phi) is 4.15. The Balaban J connectivity index is 1.94. The van der Waals surface area contributed by atoms with E-state index < -0.39 is 6.10 Å². The van der Waals surface area contributed by atoms with Crippen LogP contribution in [0.5, 0.6) is 5.75 Å². The van der Waals surface area contributed by atoms with Crippen molar-refractivity contribution in [2.24, 2.45) is 0 Å². The predicted octanol–water partition coefficient (Wildman–Crippen LogP) is 2.15. The van der Waals surface area contributed by atoms with Gasteiger partial charge in [0.15, 0.2) is 6.10 Å². The largest absolute Gasteiger partial charge is 0.481 e. The number of ether oxygens (including phenoxy) is 1. The Morgan fingerprint density at radius 2 is 2.33 bits per heavy atom. The van der Waals surface area contributed by atoms with Gasteiger partial charge in [-0.1, -0.05) is 6.07 Å². The lowest BCUT2D eigenvalue weighted by Gasteiger charge is -2.28. The van der Waals surface area contributed by atoms with Crippen LogP contribution in [0.2, 0.25) is 0 Å². The average molecular weight is 253 g/mol. The number of rotatable bonds is 3. The molecule has 1 atom stereocenters. The molecule has 0 bridgehead atoms. The second-order valence-corrected chi connectivity index (χ2v) is 4.20. The predicted molar refractivity (Wildman–Crippen MR) is 63.4 cm³/mol. The van der Waals surface area contributed by atoms with E-state index in [1.54, 1.807) is 19.1 Å². The molecule has 1 saturated heterocycles. The zero-order chi connectivity index (χ0) is 13.0. The summed E-state index contributed by atoms with van der Waals surface area (Å²) >= 11 is 0. The molecule has 1 heterocycles. The summed E-state index contributed by atoms with van der Waals surface area (Å²) < 4.78 is 18.4. The van der Waals surface area contributed by atoms with Crippen molar-refractivity contribution in [2.75, 3.05) is 13.2 Å². The molecule has 2 rings (SSSR count). The fourth-order valence-electron chi connectivity index (χ4n) is 1.77. The monoisotopic (exact) mass is 253 g/mol. The van der Waals surface area contributed by atoms with E-state index >= 15 is 0 Å². The van der Waals surface area contributed by atoms with Gasteiger partial charge in [-0.15, -0.1) is 0 Å². The molecule has 1 aromatic rings. The summed E-state index contributed by atoms with van der Waals surface area (Å²) in [5.41, 5.74) is 0. The van der Waals surface area contributed by atoms with Gasteiger partial charge >= 0.3 is 0 Å². The van der Waals surface area contributed by atoms with Crippen molar-refractivity contribution in [3.05, 3.63) is 30.1 Å². The second kappa shape index (κ2) is 5.82. The Hall–Kier alpha value is -1.62. The Labute approximate surface area is 105 Å². The van der Waals surface area contributed by atoms with Crippen LogP contribution in [-0.2, 0) is 9.63 Å². The van der Waals surface area contributed by atoms with Crippen LogP contribution in [0.25, 0.3) is 0 Å². The number of benzene rings is 1. The van der Waals surface area contributed by atoms with E-state index in [-0.39, 0.29) is 11.7 Å². The molecule has 1 unspecified atom stereocenters. The van der Waals surface area contributed by atoms with Crippen LogP contribution in [-0.4, -0.2) is 30.2 Å². The molecule has 0 radical (unpaired) electrons. The van der Waals surface area contributed by atoms with Crippen molar-refractivity contribution in [1.29, 1.82) is 0 Å². The van der Waals surface area contributed by atoms with Crippen molar-refractivity contribution in [1.82, 2.24) is 5.06 Å². The Bertz CT molecular complexity index is 418.